The molecule has 98 valence electrons. The van der Waals surface area contributed by atoms with E-state index in [9.17, 15) is 0 Å². The maximum Gasteiger partial charge on any atom is 0.0224 e. The van der Waals surface area contributed by atoms with Gasteiger partial charge in [-0.3, -0.25) is 0 Å². The van der Waals surface area contributed by atoms with Crippen LogP contribution < -0.4 is 5.32 Å². The molecule has 1 N–H and O–H groups in total. The zero-order valence-electron chi connectivity index (χ0n) is 12.1. The molecule has 2 heteroatoms. The summed E-state index contributed by atoms with van der Waals surface area (Å²) in [6.07, 6.45) is 5.68. The van der Waals surface area contributed by atoms with E-state index in [0.29, 0.717) is 5.41 Å². The van der Waals surface area contributed by atoms with Crippen molar-refractivity contribution in [2.24, 2.45) is 11.3 Å². The van der Waals surface area contributed by atoms with Crippen LogP contribution in [0, 0.1) is 11.3 Å². The van der Waals surface area contributed by atoms with Crippen molar-refractivity contribution in [3.8, 4) is 0 Å². The van der Waals surface area contributed by atoms with Crippen LogP contribution in [0.3, 0.4) is 0 Å². The van der Waals surface area contributed by atoms with Crippen LogP contribution in [0.5, 0.6) is 0 Å². The summed E-state index contributed by atoms with van der Waals surface area (Å²) in [5.74, 6) is 0.720. The highest BCUT2D eigenvalue weighted by Crippen LogP contribution is 2.19. The summed E-state index contributed by atoms with van der Waals surface area (Å²) in [5, 5.41) is 3.47. The molecule has 17 heavy (non-hydrogen) atoms. The highest BCUT2D eigenvalue weighted by Gasteiger charge is 2.09. The Balaban J connectivity index is 2.32. The van der Waals surface area contributed by atoms with Gasteiger partial charge in [0.1, 0.15) is 0 Å². The van der Waals surface area contributed by atoms with E-state index in [1.54, 1.807) is 0 Å². The number of nitrogens with zero attached hydrogens (tertiary/aromatic N) is 1. The van der Waals surface area contributed by atoms with Crippen molar-refractivity contribution in [2.45, 2.75) is 54.1 Å². The molecule has 0 aromatic carbocycles. The molecule has 2 nitrogen and oxygen atoms in total. The standard InChI is InChI=1S/C15H28N2/c1-13(2)10-16-11-14-6-8-17(12-14)9-7-15(3,4)5/h6,8,12-13,16H,7,9-11H2,1-5H3. The van der Waals surface area contributed by atoms with Crippen LogP contribution in [-0.2, 0) is 13.1 Å². The molecule has 0 unspecified atom stereocenters. The van der Waals surface area contributed by atoms with Crippen LogP contribution in [0.25, 0.3) is 0 Å². The minimum absolute atomic E-state index is 0.417. The van der Waals surface area contributed by atoms with E-state index in [-0.39, 0.29) is 0 Å². The highest BCUT2D eigenvalue weighted by molar-refractivity contribution is 5.09. The first-order valence-corrected chi connectivity index (χ1v) is 6.72. The maximum atomic E-state index is 3.47. The lowest BCUT2D eigenvalue weighted by Gasteiger charge is -2.18. The average Bonchev–Trinajstić information content (AvgIpc) is 2.61. The lowest BCUT2D eigenvalue weighted by atomic mass is 9.92. The summed E-state index contributed by atoms with van der Waals surface area (Å²) in [7, 11) is 0. The molecule has 1 aromatic rings. The quantitative estimate of drug-likeness (QED) is 0.797. The molecule has 0 aliphatic heterocycles. The molecular weight excluding hydrogens is 208 g/mol. The first kappa shape index (κ1) is 14.3. The van der Waals surface area contributed by atoms with E-state index in [0.717, 1.165) is 25.6 Å². The van der Waals surface area contributed by atoms with Gasteiger partial charge in [-0.2, -0.15) is 0 Å². The molecule has 1 heterocycles. The minimum Gasteiger partial charge on any atom is -0.354 e. The van der Waals surface area contributed by atoms with Crippen LogP contribution in [0.15, 0.2) is 18.5 Å². The Morgan fingerprint density at radius 3 is 2.59 bits per heavy atom. The van der Waals surface area contributed by atoms with Crippen LogP contribution >= 0.6 is 0 Å². The predicted molar refractivity (Wildman–Crippen MR) is 75.0 cm³/mol. The third kappa shape index (κ3) is 6.52. The van der Waals surface area contributed by atoms with Gasteiger partial charge in [0, 0.05) is 25.5 Å². The second-order valence-corrected chi connectivity index (χ2v) is 6.59. The molecule has 1 aromatic heterocycles. The average molecular weight is 236 g/mol. The van der Waals surface area contributed by atoms with Gasteiger partial charge in [0.05, 0.1) is 0 Å². The number of hydrogen-bond acceptors (Lipinski definition) is 1. The molecule has 0 aliphatic rings. The SMILES string of the molecule is CC(C)CNCc1ccn(CCC(C)(C)C)c1. The molecule has 0 atom stereocenters. The Labute approximate surface area is 106 Å². The molecule has 0 bridgehead atoms. The Morgan fingerprint density at radius 1 is 1.29 bits per heavy atom. The van der Waals surface area contributed by atoms with E-state index in [1.165, 1.54) is 12.0 Å². The molecule has 0 radical (unpaired) electrons. The van der Waals surface area contributed by atoms with E-state index < -0.39 is 0 Å². The fraction of sp³-hybridized carbons (Fsp3) is 0.733. The summed E-state index contributed by atoms with van der Waals surface area (Å²) in [4.78, 5) is 0. The monoisotopic (exact) mass is 236 g/mol. The normalized spacial score (nSPS) is 12.4. The first-order chi connectivity index (χ1) is 7.87. The Morgan fingerprint density at radius 2 is 2.00 bits per heavy atom. The fourth-order valence-electron chi connectivity index (χ4n) is 1.70. The molecular formula is C15H28N2. The summed E-state index contributed by atoms with van der Waals surface area (Å²) < 4.78 is 2.30. The topological polar surface area (TPSA) is 17.0 Å². The van der Waals surface area contributed by atoms with Gasteiger partial charge in [0.15, 0.2) is 0 Å². The van der Waals surface area contributed by atoms with Gasteiger partial charge in [-0.25, -0.2) is 0 Å². The number of aryl methyl sites for hydroxylation is 1. The van der Waals surface area contributed by atoms with Crippen molar-refractivity contribution in [3.05, 3.63) is 24.0 Å². The zero-order valence-corrected chi connectivity index (χ0v) is 12.1. The summed E-state index contributed by atoms with van der Waals surface area (Å²) in [6, 6.07) is 2.22. The Bertz CT molecular complexity index is 318. The lowest BCUT2D eigenvalue weighted by molar-refractivity contribution is 0.350. The number of hydrogen-bond donors (Lipinski definition) is 1. The van der Waals surface area contributed by atoms with Crippen molar-refractivity contribution in [1.29, 1.82) is 0 Å². The van der Waals surface area contributed by atoms with Crippen molar-refractivity contribution in [2.75, 3.05) is 6.54 Å². The van der Waals surface area contributed by atoms with E-state index in [1.807, 2.05) is 0 Å². The summed E-state index contributed by atoms with van der Waals surface area (Å²) in [6.45, 7) is 14.6. The molecule has 0 fully saturated rings. The molecule has 0 amide bonds. The second-order valence-electron chi connectivity index (χ2n) is 6.59. The lowest BCUT2D eigenvalue weighted by Crippen LogP contribution is -2.18. The summed E-state index contributed by atoms with van der Waals surface area (Å²) >= 11 is 0. The Hall–Kier alpha value is -0.760. The van der Waals surface area contributed by atoms with Crippen LogP contribution in [0.4, 0.5) is 0 Å². The molecule has 0 saturated carbocycles. The molecule has 0 spiro atoms. The van der Waals surface area contributed by atoms with Gasteiger partial charge in [-0.05, 0) is 35.9 Å². The minimum atomic E-state index is 0.417. The van der Waals surface area contributed by atoms with Crippen LogP contribution in [0.2, 0.25) is 0 Å². The third-order valence-corrected chi connectivity index (χ3v) is 2.81. The third-order valence-electron chi connectivity index (χ3n) is 2.81. The predicted octanol–water partition coefficient (Wildman–Crippen LogP) is 3.67. The number of rotatable bonds is 6. The maximum absolute atomic E-state index is 3.47. The highest BCUT2D eigenvalue weighted by atomic mass is 14.9. The zero-order chi connectivity index (χ0) is 12.9. The van der Waals surface area contributed by atoms with E-state index >= 15 is 0 Å². The van der Waals surface area contributed by atoms with Crippen molar-refractivity contribution >= 4 is 0 Å². The van der Waals surface area contributed by atoms with Gasteiger partial charge in [-0.15, -0.1) is 0 Å². The summed E-state index contributed by atoms with van der Waals surface area (Å²) in [5.41, 5.74) is 1.81. The second kappa shape index (κ2) is 6.25. The van der Waals surface area contributed by atoms with Crippen LogP contribution in [-0.4, -0.2) is 11.1 Å². The van der Waals surface area contributed by atoms with E-state index in [4.69, 9.17) is 0 Å². The van der Waals surface area contributed by atoms with Crippen LogP contribution in [0.1, 0.15) is 46.6 Å². The van der Waals surface area contributed by atoms with Crippen molar-refractivity contribution in [3.63, 3.8) is 0 Å². The van der Waals surface area contributed by atoms with Gasteiger partial charge in [0.25, 0.3) is 0 Å². The van der Waals surface area contributed by atoms with Gasteiger partial charge in [0.2, 0.25) is 0 Å². The van der Waals surface area contributed by atoms with Crippen molar-refractivity contribution in [1.82, 2.24) is 9.88 Å². The molecule has 0 saturated heterocycles. The Kier molecular flexibility index (Phi) is 5.26. The molecule has 1 rings (SSSR count). The smallest absolute Gasteiger partial charge is 0.0224 e. The van der Waals surface area contributed by atoms with Gasteiger partial charge >= 0.3 is 0 Å². The first-order valence-electron chi connectivity index (χ1n) is 6.72. The van der Waals surface area contributed by atoms with Gasteiger partial charge < -0.3 is 9.88 Å². The number of nitrogens with one attached hydrogen (secondary N) is 1. The number of aromatic nitrogens is 1. The van der Waals surface area contributed by atoms with E-state index in [2.05, 4.69) is 63.0 Å². The molecule has 0 aliphatic carbocycles. The largest absolute Gasteiger partial charge is 0.354 e. The van der Waals surface area contributed by atoms with Crippen molar-refractivity contribution < 1.29 is 0 Å². The van der Waals surface area contributed by atoms with Gasteiger partial charge in [-0.1, -0.05) is 34.6 Å². The fourth-order valence-corrected chi connectivity index (χ4v) is 1.70.